The first kappa shape index (κ1) is 22.4. The van der Waals surface area contributed by atoms with Gasteiger partial charge in [-0.05, 0) is 53.7 Å². The fourth-order valence-electron chi connectivity index (χ4n) is 2.17. The zero-order valence-corrected chi connectivity index (χ0v) is 18.1. The summed E-state index contributed by atoms with van der Waals surface area (Å²) in [6.45, 7) is 11.3. The molecule has 0 saturated carbocycles. The summed E-state index contributed by atoms with van der Waals surface area (Å²) in [7, 11) is 0. The summed E-state index contributed by atoms with van der Waals surface area (Å²) in [5.74, 6) is 0. The van der Waals surface area contributed by atoms with Crippen LogP contribution in [-0.2, 0) is 14.3 Å². The molecule has 0 spiro atoms. The van der Waals surface area contributed by atoms with Gasteiger partial charge >= 0.3 is 6.09 Å². The number of hydrogen-bond donors (Lipinski definition) is 1. The maximum atomic E-state index is 12.0. The number of ether oxygens (including phenoxy) is 2. The second kappa shape index (κ2) is 8.65. The van der Waals surface area contributed by atoms with Gasteiger partial charge in [-0.2, -0.15) is 9.78 Å². The third-order valence-electron chi connectivity index (χ3n) is 3.35. The lowest BCUT2D eigenvalue weighted by molar-refractivity contribution is -0.138. The largest absolute Gasteiger partial charge is 0.462 e. The molecule has 0 bridgehead atoms. The van der Waals surface area contributed by atoms with Crippen LogP contribution in [-0.4, -0.2) is 43.5 Å². The molecule has 29 heavy (non-hydrogen) atoms. The quantitative estimate of drug-likeness (QED) is 0.471. The van der Waals surface area contributed by atoms with Crippen molar-refractivity contribution in [3.63, 3.8) is 0 Å². The fourth-order valence-corrected chi connectivity index (χ4v) is 2.33. The Labute approximate surface area is 174 Å². The average Bonchev–Trinajstić information content (AvgIpc) is 3.18. The highest BCUT2D eigenvalue weighted by atomic mass is 35.5. The van der Waals surface area contributed by atoms with E-state index in [9.17, 15) is 9.59 Å². The van der Waals surface area contributed by atoms with Gasteiger partial charge in [-0.25, -0.2) is 9.78 Å². The molecule has 0 saturated heterocycles. The van der Waals surface area contributed by atoms with Crippen LogP contribution in [0.4, 0.5) is 4.79 Å². The van der Waals surface area contributed by atoms with Crippen molar-refractivity contribution in [2.75, 3.05) is 0 Å². The van der Waals surface area contributed by atoms with Crippen molar-refractivity contribution in [1.29, 1.82) is 0 Å². The molecule has 0 atom stereocenters. The van der Waals surface area contributed by atoms with Crippen molar-refractivity contribution >= 4 is 35.1 Å². The minimum Gasteiger partial charge on any atom is -0.462 e. The molecule has 156 valence electrons. The van der Waals surface area contributed by atoms with Crippen molar-refractivity contribution in [3.05, 3.63) is 35.9 Å². The summed E-state index contributed by atoms with van der Waals surface area (Å²) in [5.41, 5.74) is 1.60. The number of hydrogen-bond acceptors (Lipinski definition) is 6. The van der Waals surface area contributed by atoms with Crippen LogP contribution in [0.5, 0.6) is 0 Å². The van der Waals surface area contributed by atoms with Crippen molar-refractivity contribution in [3.8, 4) is 11.3 Å². The summed E-state index contributed by atoms with van der Waals surface area (Å²) in [6.07, 6.45) is 4.40. The zero-order valence-electron chi connectivity index (χ0n) is 17.3. The molecule has 0 aliphatic rings. The maximum absolute atomic E-state index is 12.0. The molecule has 0 fully saturated rings. The van der Waals surface area contributed by atoms with Crippen LogP contribution in [0.15, 0.2) is 30.7 Å². The van der Waals surface area contributed by atoms with Gasteiger partial charge in [-0.1, -0.05) is 11.6 Å². The number of halogens is 1. The van der Waals surface area contributed by atoms with Gasteiger partial charge in [0.25, 0.3) is 6.47 Å². The number of aromatic amines is 1. The molecule has 0 unspecified atom stereocenters. The summed E-state index contributed by atoms with van der Waals surface area (Å²) < 4.78 is 11.0. The van der Waals surface area contributed by atoms with Crippen LogP contribution in [0.2, 0.25) is 5.15 Å². The molecule has 0 radical (unpaired) electrons. The first-order valence-electron chi connectivity index (χ1n) is 8.92. The van der Waals surface area contributed by atoms with E-state index in [1.807, 2.05) is 47.6 Å². The molecular formula is C20H25ClN4O4. The first-order chi connectivity index (χ1) is 13.4. The van der Waals surface area contributed by atoms with Gasteiger partial charge < -0.3 is 14.5 Å². The van der Waals surface area contributed by atoms with Crippen LogP contribution < -0.4 is 0 Å². The number of aromatic nitrogens is 4. The standard InChI is InChI=1S/C15H15ClN4O2.C5H10O2/c1-15(2,3)22-14(21)20-8-10(7-18-20)11-4-9-6-17-13(16)5-12(9)19-11;1-5(2,3)7-4-6/h4-8,19H,1-3H3;4H,1-3H3. The second-order valence-corrected chi connectivity index (χ2v) is 8.64. The number of carbonyl (C=O) groups excluding carboxylic acids is 2. The highest BCUT2D eigenvalue weighted by Crippen LogP contribution is 2.24. The SMILES string of the molecule is CC(C)(C)OC(=O)n1cc(-c2cc3cnc(Cl)cc3[nH]2)cn1.CC(C)(C)OC=O. The molecular weight excluding hydrogens is 396 g/mol. The topological polar surface area (TPSA) is 99.1 Å². The van der Waals surface area contributed by atoms with Crippen LogP contribution in [0.25, 0.3) is 22.2 Å². The lowest BCUT2D eigenvalue weighted by Crippen LogP contribution is -2.27. The number of carbonyl (C=O) groups is 2. The summed E-state index contributed by atoms with van der Waals surface area (Å²) in [5, 5.41) is 5.40. The van der Waals surface area contributed by atoms with Gasteiger partial charge in [0.2, 0.25) is 0 Å². The highest BCUT2D eigenvalue weighted by molar-refractivity contribution is 6.30. The predicted octanol–water partition coefficient (Wildman–Crippen LogP) is 4.82. The Hall–Kier alpha value is -2.87. The van der Waals surface area contributed by atoms with E-state index in [2.05, 4.69) is 19.8 Å². The maximum Gasteiger partial charge on any atom is 0.435 e. The third kappa shape index (κ3) is 6.90. The van der Waals surface area contributed by atoms with Crippen molar-refractivity contribution in [2.24, 2.45) is 0 Å². The molecule has 9 heteroatoms. The van der Waals surface area contributed by atoms with E-state index >= 15 is 0 Å². The van der Waals surface area contributed by atoms with Gasteiger partial charge in [-0.3, -0.25) is 4.79 Å². The Bertz CT molecular complexity index is 996. The number of nitrogens with zero attached hydrogens (tertiary/aromatic N) is 3. The second-order valence-electron chi connectivity index (χ2n) is 8.26. The van der Waals surface area contributed by atoms with Crippen LogP contribution in [0.3, 0.4) is 0 Å². The van der Waals surface area contributed by atoms with Gasteiger partial charge in [0.05, 0.1) is 11.7 Å². The molecule has 3 aromatic rings. The summed E-state index contributed by atoms with van der Waals surface area (Å²) >= 11 is 5.87. The predicted molar refractivity (Wildman–Crippen MR) is 111 cm³/mol. The number of rotatable bonds is 2. The summed E-state index contributed by atoms with van der Waals surface area (Å²) in [6, 6.07) is 3.67. The van der Waals surface area contributed by atoms with Crippen molar-refractivity contribution < 1.29 is 19.1 Å². The molecule has 0 aromatic carbocycles. The van der Waals surface area contributed by atoms with E-state index in [1.54, 1.807) is 24.7 Å². The van der Waals surface area contributed by atoms with Crippen LogP contribution in [0.1, 0.15) is 41.5 Å². The lowest BCUT2D eigenvalue weighted by atomic mass is 10.2. The molecule has 1 N–H and O–H groups in total. The van der Waals surface area contributed by atoms with Gasteiger partial charge in [0, 0.05) is 29.0 Å². The summed E-state index contributed by atoms with van der Waals surface area (Å²) in [4.78, 5) is 28.8. The van der Waals surface area contributed by atoms with Crippen molar-refractivity contribution in [1.82, 2.24) is 19.7 Å². The lowest BCUT2D eigenvalue weighted by Gasteiger charge is -2.18. The Morgan fingerprint density at radius 1 is 1.14 bits per heavy atom. The third-order valence-corrected chi connectivity index (χ3v) is 3.55. The zero-order chi connectivity index (χ0) is 21.8. The molecule has 8 nitrogen and oxygen atoms in total. The van der Waals surface area contributed by atoms with E-state index in [1.165, 1.54) is 4.68 Å². The molecule has 3 heterocycles. The molecule has 3 aromatic heterocycles. The number of pyridine rings is 1. The van der Waals surface area contributed by atoms with Gasteiger partial charge in [0.15, 0.2) is 0 Å². The molecule has 0 aliphatic heterocycles. The van der Waals surface area contributed by atoms with E-state index < -0.39 is 11.7 Å². The van der Waals surface area contributed by atoms with Crippen molar-refractivity contribution in [2.45, 2.75) is 52.7 Å². The Kier molecular flexibility index (Phi) is 6.69. The average molecular weight is 421 g/mol. The van der Waals surface area contributed by atoms with E-state index in [4.69, 9.17) is 16.3 Å². The smallest absolute Gasteiger partial charge is 0.435 e. The normalized spacial score (nSPS) is 11.6. The Morgan fingerprint density at radius 2 is 1.83 bits per heavy atom. The van der Waals surface area contributed by atoms with Gasteiger partial charge in [-0.15, -0.1) is 0 Å². The highest BCUT2D eigenvalue weighted by Gasteiger charge is 2.19. The number of H-pyrrole nitrogens is 1. The molecule has 0 aliphatic carbocycles. The Balaban J connectivity index is 0.000000370. The van der Waals surface area contributed by atoms with Gasteiger partial charge in [0.1, 0.15) is 16.4 Å². The minimum absolute atomic E-state index is 0.318. The first-order valence-corrected chi connectivity index (χ1v) is 9.30. The molecule has 0 amide bonds. The fraction of sp³-hybridized carbons (Fsp3) is 0.400. The Morgan fingerprint density at radius 3 is 2.38 bits per heavy atom. The number of fused-ring (bicyclic) bond motifs is 1. The van der Waals surface area contributed by atoms with E-state index in [0.717, 1.165) is 22.2 Å². The minimum atomic E-state index is -0.563. The number of nitrogens with one attached hydrogen (secondary N) is 1. The van der Waals surface area contributed by atoms with E-state index in [0.29, 0.717) is 11.6 Å². The van der Waals surface area contributed by atoms with Crippen LogP contribution >= 0.6 is 11.6 Å². The molecule has 3 rings (SSSR count). The van der Waals surface area contributed by atoms with E-state index in [-0.39, 0.29) is 5.60 Å². The monoisotopic (exact) mass is 420 g/mol. The van der Waals surface area contributed by atoms with Crippen LogP contribution in [0, 0.1) is 0 Å².